The van der Waals surface area contributed by atoms with Gasteiger partial charge in [-0.25, -0.2) is 8.42 Å². The number of hydrogen-bond donors (Lipinski definition) is 0. The van der Waals surface area contributed by atoms with Gasteiger partial charge in [0.2, 0.25) is 9.84 Å². The average molecular weight is 287 g/mol. The van der Waals surface area contributed by atoms with Crippen molar-refractivity contribution in [1.82, 2.24) is 4.98 Å². The maximum Gasteiger partial charge on any atom is 0.200 e. The van der Waals surface area contributed by atoms with Gasteiger partial charge in [-0.05, 0) is 35.9 Å². The number of rotatable bonds is 4. The summed E-state index contributed by atoms with van der Waals surface area (Å²) in [4.78, 5) is 4.28. The summed E-state index contributed by atoms with van der Waals surface area (Å²) in [6.45, 7) is 0.494. The van der Waals surface area contributed by atoms with Crippen LogP contribution in [0.1, 0.15) is 11.1 Å². The summed E-state index contributed by atoms with van der Waals surface area (Å²) in [5, 5.41) is 1.22. The van der Waals surface area contributed by atoms with E-state index in [0.717, 1.165) is 12.0 Å². The number of benzene rings is 1. The Balaban J connectivity index is 1.74. The van der Waals surface area contributed by atoms with Gasteiger partial charge in [0.05, 0.1) is 11.5 Å². The molecule has 4 nitrogen and oxygen atoms in total. The van der Waals surface area contributed by atoms with E-state index < -0.39 is 9.84 Å². The Hall–Kier alpha value is -2.14. The van der Waals surface area contributed by atoms with Crippen LogP contribution < -0.4 is 4.74 Å². The minimum absolute atomic E-state index is 0.318. The zero-order chi connectivity index (χ0) is 14.0. The van der Waals surface area contributed by atoms with Crippen molar-refractivity contribution in [1.29, 1.82) is 0 Å². The lowest BCUT2D eigenvalue weighted by atomic mass is 10.2. The van der Waals surface area contributed by atoms with Gasteiger partial charge in [-0.1, -0.05) is 6.07 Å². The third kappa shape index (κ3) is 2.44. The van der Waals surface area contributed by atoms with Crippen LogP contribution in [0.5, 0.6) is 5.75 Å². The fourth-order valence-electron chi connectivity index (χ4n) is 2.12. The zero-order valence-electron chi connectivity index (χ0n) is 10.7. The van der Waals surface area contributed by atoms with Crippen molar-refractivity contribution < 1.29 is 13.2 Å². The number of fused-ring (bicyclic) bond motifs is 1. The minimum Gasteiger partial charge on any atom is -0.493 e. The van der Waals surface area contributed by atoms with Gasteiger partial charge in [0.1, 0.15) is 5.75 Å². The summed E-state index contributed by atoms with van der Waals surface area (Å²) >= 11 is 0. The van der Waals surface area contributed by atoms with Crippen molar-refractivity contribution in [3.8, 4) is 5.75 Å². The highest BCUT2D eigenvalue weighted by Crippen LogP contribution is 2.33. The molecule has 3 rings (SSSR count). The van der Waals surface area contributed by atoms with Crippen LogP contribution in [0.25, 0.3) is 6.08 Å². The lowest BCUT2D eigenvalue weighted by Gasteiger charge is -2.09. The highest BCUT2D eigenvalue weighted by molar-refractivity contribution is 7.94. The first-order valence-corrected chi connectivity index (χ1v) is 7.79. The number of hydrogen-bond acceptors (Lipinski definition) is 4. The molecular formula is C15H13NO3S. The van der Waals surface area contributed by atoms with Crippen molar-refractivity contribution in [2.75, 3.05) is 6.61 Å². The topological polar surface area (TPSA) is 56.3 Å². The average Bonchev–Trinajstić information content (AvgIpc) is 2.77. The van der Waals surface area contributed by atoms with E-state index in [-0.39, 0.29) is 0 Å². The molecule has 0 saturated heterocycles. The number of nitrogens with zero attached hydrogens (tertiary/aromatic N) is 1. The lowest BCUT2D eigenvalue weighted by Crippen LogP contribution is -2.03. The maximum atomic E-state index is 11.8. The summed E-state index contributed by atoms with van der Waals surface area (Å²) in [5.41, 5.74) is 1.78. The Morgan fingerprint density at radius 2 is 1.90 bits per heavy atom. The summed E-state index contributed by atoms with van der Waals surface area (Å²) in [7, 11) is -3.27. The van der Waals surface area contributed by atoms with Crippen LogP contribution in [0.2, 0.25) is 0 Å². The van der Waals surface area contributed by atoms with Gasteiger partial charge in [-0.3, -0.25) is 4.98 Å². The van der Waals surface area contributed by atoms with E-state index in [9.17, 15) is 8.42 Å². The number of sulfone groups is 1. The van der Waals surface area contributed by atoms with Gasteiger partial charge in [0, 0.05) is 29.8 Å². The van der Waals surface area contributed by atoms with E-state index in [1.165, 1.54) is 5.41 Å². The van der Waals surface area contributed by atoms with E-state index in [0.29, 0.717) is 22.8 Å². The van der Waals surface area contributed by atoms with Gasteiger partial charge in [0.25, 0.3) is 0 Å². The van der Waals surface area contributed by atoms with Crippen LogP contribution in [0.3, 0.4) is 0 Å². The largest absolute Gasteiger partial charge is 0.493 e. The Morgan fingerprint density at radius 1 is 1.10 bits per heavy atom. The van der Waals surface area contributed by atoms with Crippen molar-refractivity contribution >= 4 is 15.9 Å². The van der Waals surface area contributed by atoms with Crippen molar-refractivity contribution in [2.24, 2.45) is 0 Å². The molecule has 0 atom stereocenters. The van der Waals surface area contributed by atoms with E-state index in [2.05, 4.69) is 4.98 Å². The Labute approximate surface area is 117 Å². The van der Waals surface area contributed by atoms with Crippen molar-refractivity contribution in [3.63, 3.8) is 0 Å². The number of ether oxygens (including phenoxy) is 1. The molecule has 2 aromatic rings. The molecule has 0 aliphatic carbocycles. The molecule has 102 valence electrons. The third-order valence-electron chi connectivity index (χ3n) is 3.14. The molecule has 2 heterocycles. The highest BCUT2D eigenvalue weighted by atomic mass is 32.2. The Bertz CT molecular complexity index is 752. The first-order chi connectivity index (χ1) is 9.67. The fraction of sp³-hybridized carbons (Fsp3) is 0.133. The molecule has 0 spiro atoms. The molecule has 0 radical (unpaired) electrons. The highest BCUT2D eigenvalue weighted by Gasteiger charge is 2.23. The van der Waals surface area contributed by atoms with Gasteiger partial charge in [-0.2, -0.15) is 0 Å². The van der Waals surface area contributed by atoms with Gasteiger partial charge in [-0.15, -0.1) is 0 Å². The van der Waals surface area contributed by atoms with Gasteiger partial charge in [0.15, 0.2) is 0 Å². The molecule has 0 saturated carbocycles. The van der Waals surface area contributed by atoms with E-state index in [4.69, 9.17) is 4.74 Å². The van der Waals surface area contributed by atoms with Gasteiger partial charge < -0.3 is 4.74 Å². The van der Waals surface area contributed by atoms with Crippen LogP contribution in [0.4, 0.5) is 0 Å². The predicted octanol–water partition coefficient (Wildman–Crippen LogP) is 2.46. The second-order valence-electron chi connectivity index (χ2n) is 4.47. The van der Waals surface area contributed by atoms with Crippen molar-refractivity contribution in [2.45, 2.75) is 11.3 Å². The van der Waals surface area contributed by atoms with Crippen molar-refractivity contribution in [3.05, 3.63) is 59.3 Å². The molecule has 5 heteroatoms. The molecule has 1 aromatic heterocycles. The molecule has 0 bridgehead atoms. The molecule has 0 amide bonds. The summed E-state index contributed by atoms with van der Waals surface area (Å²) < 4.78 is 29.2. The molecule has 20 heavy (non-hydrogen) atoms. The maximum absolute atomic E-state index is 11.8. The number of aromatic nitrogens is 1. The Kier molecular flexibility index (Phi) is 3.28. The molecule has 1 aliphatic heterocycles. The lowest BCUT2D eigenvalue weighted by molar-refractivity contribution is 0.320. The smallest absolute Gasteiger partial charge is 0.200 e. The molecule has 0 fully saturated rings. The van der Waals surface area contributed by atoms with E-state index in [1.807, 2.05) is 12.1 Å². The monoisotopic (exact) mass is 287 g/mol. The zero-order valence-corrected chi connectivity index (χ0v) is 11.5. The molecule has 0 N–H and O–H groups in total. The molecule has 1 aliphatic rings. The van der Waals surface area contributed by atoms with Crippen LogP contribution in [0, 0.1) is 0 Å². The minimum atomic E-state index is -3.27. The quantitative estimate of drug-likeness (QED) is 0.866. The van der Waals surface area contributed by atoms with E-state index >= 15 is 0 Å². The van der Waals surface area contributed by atoms with E-state index in [1.54, 1.807) is 36.7 Å². The predicted molar refractivity (Wildman–Crippen MR) is 76.1 cm³/mol. The van der Waals surface area contributed by atoms with Crippen LogP contribution in [-0.2, 0) is 16.3 Å². The molecule has 0 unspecified atom stereocenters. The van der Waals surface area contributed by atoms with Crippen LogP contribution >= 0.6 is 0 Å². The standard InChI is InChI=1S/C15H13NO3S/c17-20(18)11-7-13-14(2-1-3-15(13)20)19-10-6-12-4-8-16-9-5-12/h1-5,7-9,11H,6,10H2. The summed E-state index contributed by atoms with van der Waals surface area (Å²) in [6.07, 6.45) is 5.82. The van der Waals surface area contributed by atoms with Gasteiger partial charge >= 0.3 is 0 Å². The fourth-order valence-corrected chi connectivity index (χ4v) is 3.33. The summed E-state index contributed by atoms with van der Waals surface area (Å²) in [5.74, 6) is 0.605. The normalized spacial score (nSPS) is 15.0. The molecule has 1 aromatic carbocycles. The third-order valence-corrected chi connectivity index (χ3v) is 4.61. The van der Waals surface area contributed by atoms with Crippen LogP contribution in [0.15, 0.2) is 53.0 Å². The summed E-state index contributed by atoms with van der Waals surface area (Å²) in [6, 6.07) is 8.95. The van der Waals surface area contributed by atoms with Crippen LogP contribution in [-0.4, -0.2) is 20.0 Å². The first kappa shape index (κ1) is 12.9. The second kappa shape index (κ2) is 5.09. The SMILES string of the molecule is O=S1(=O)C=Cc2c(OCCc3ccncc3)cccc21. The first-order valence-electron chi connectivity index (χ1n) is 6.25. The second-order valence-corrected chi connectivity index (χ2v) is 6.27. The Morgan fingerprint density at radius 3 is 2.70 bits per heavy atom. The number of pyridine rings is 1. The molecular weight excluding hydrogens is 274 g/mol.